The monoisotopic (exact) mass is 427 g/mol. The zero-order chi connectivity index (χ0) is 16.1. The number of phenolic OH excluding ortho intramolecular Hbond substituents is 1. The fraction of sp³-hybridized carbons (Fsp3) is 0.0714. The number of carbonyl (C=O) groups excluding carboxylic acids is 1. The van der Waals surface area contributed by atoms with Crippen molar-refractivity contribution in [1.29, 1.82) is 0 Å². The SMILES string of the molecule is COc1cc(/C=N\NC(=O)c2ccncc2)c(Br)c(Br)c1O. The van der Waals surface area contributed by atoms with E-state index in [-0.39, 0.29) is 17.4 Å². The summed E-state index contributed by atoms with van der Waals surface area (Å²) >= 11 is 6.58. The van der Waals surface area contributed by atoms with E-state index in [0.29, 0.717) is 20.1 Å². The lowest BCUT2D eigenvalue weighted by Crippen LogP contribution is -2.17. The van der Waals surface area contributed by atoms with Crippen molar-refractivity contribution in [2.24, 2.45) is 5.10 Å². The summed E-state index contributed by atoms with van der Waals surface area (Å²) < 4.78 is 6.09. The minimum absolute atomic E-state index is 0.0210. The summed E-state index contributed by atoms with van der Waals surface area (Å²) in [6.07, 6.45) is 4.49. The van der Waals surface area contributed by atoms with E-state index in [1.54, 1.807) is 18.2 Å². The lowest BCUT2D eigenvalue weighted by atomic mass is 10.2. The second-order valence-corrected chi connectivity index (χ2v) is 5.67. The van der Waals surface area contributed by atoms with Gasteiger partial charge in [0.2, 0.25) is 0 Å². The smallest absolute Gasteiger partial charge is 0.271 e. The maximum Gasteiger partial charge on any atom is 0.271 e. The topological polar surface area (TPSA) is 83.8 Å². The first-order chi connectivity index (χ1) is 10.5. The van der Waals surface area contributed by atoms with Crippen molar-refractivity contribution in [3.63, 3.8) is 0 Å². The number of pyridine rings is 1. The standard InChI is InChI=1S/C14H11Br2N3O3/c1-22-10-6-9(11(15)12(16)13(10)20)7-18-19-14(21)8-2-4-17-5-3-8/h2-7,20H,1H3,(H,19,21)/b18-7-. The largest absolute Gasteiger partial charge is 0.503 e. The Morgan fingerprint density at radius 1 is 1.36 bits per heavy atom. The van der Waals surface area contributed by atoms with Crippen LogP contribution in [0.15, 0.2) is 44.6 Å². The van der Waals surface area contributed by atoms with E-state index in [1.165, 1.54) is 25.7 Å². The molecule has 0 saturated carbocycles. The number of phenols is 1. The number of hydrazone groups is 1. The van der Waals surface area contributed by atoms with Crippen molar-refractivity contribution in [3.05, 3.63) is 50.7 Å². The second-order valence-electron chi connectivity index (χ2n) is 4.08. The fourth-order valence-corrected chi connectivity index (χ4v) is 2.42. The first kappa shape index (κ1) is 16.4. The summed E-state index contributed by atoms with van der Waals surface area (Å²) in [6, 6.07) is 4.76. The molecule has 0 aliphatic heterocycles. The number of hydrogen-bond donors (Lipinski definition) is 2. The molecule has 0 bridgehead atoms. The molecule has 0 saturated heterocycles. The Bertz CT molecular complexity index is 721. The zero-order valence-corrected chi connectivity index (χ0v) is 14.6. The lowest BCUT2D eigenvalue weighted by Gasteiger charge is -2.09. The number of rotatable bonds is 4. The number of aromatic hydroxyl groups is 1. The van der Waals surface area contributed by atoms with Crippen LogP contribution in [0, 0.1) is 0 Å². The summed E-state index contributed by atoms with van der Waals surface area (Å²) in [5.74, 6) is -0.0797. The molecule has 0 atom stereocenters. The summed E-state index contributed by atoms with van der Waals surface area (Å²) in [6.45, 7) is 0. The van der Waals surface area contributed by atoms with Gasteiger partial charge in [0.15, 0.2) is 11.5 Å². The molecule has 6 nitrogen and oxygen atoms in total. The highest BCUT2D eigenvalue weighted by Gasteiger charge is 2.13. The number of hydrogen-bond acceptors (Lipinski definition) is 5. The third kappa shape index (κ3) is 3.63. The van der Waals surface area contributed by atoms with Gasteiger partial charge in [-0.2, -0.15) is 5.10 Å². The highest BCUT2D eigenvalue weighted by molar-refractivity contribution is 9.13. The molecule has 2 N–H and O–H groups in total. The normalized spacial score (nSPS) is 10.7. The molecular weight excluding hydrogens is 418 g/mol. The molecule has 0 aliphatic rings. The Balaban J connectivity index is 2.17. The van der Waals surface area contributed by atoms with Gasteiger partial charge in [-0.05, 0) is 50.1 Å². The number of nitrogens with zero attached hydrogens (tertiary/aromatic N) is 2. The van der Waals surface area contributed by atoms with Crippen LogP contribution in [0.4, 0.5) is 0 Å². The summed E-state index contributed by atoms with van der Waals surface area (Å²) in [4.78, 5) is 15.7. The number of carbonyl (C=O) groups is 1. The van der Waals surface area contributed by atoms with Crippen molar-refractivity contribution < 1.29 is 14.6 Å². The minimum atomic E-state index is -0.348. The average Bonchev–Trinajstić information content (AvgIpc) is 2.55. The molecule has 2 rings (SSSR count). The van der Waals surface area contributed by atoms with E-state index >= 15 is 0 Å². The number of benzene rings is 1. The van der Waals surface area contributed by atoms with Crippen LogP contribution >= 0.6 is 31.9 Å². The van der Waals surface area contributed by atoms with Crippen molar-refractivity contribution in [3.8, 4) is 11.5 Å². The van der Waals surface area contributed by atoms with Crippen LogP contribution in [0.25, 0.3) is 0 Å². The molecule has 8 heteroatoms. The quantitative estimate of drug-likeness (QED) is 0.578. The van der Waals surface area contributed by atoms with Gasteiger partial charge in [0, 0.05) is 28.0 Å². The molecule has 1 aromatic carbocycles. The Labute approximate surface area is 143 Å². The number of halogens is 2. The van der Waals surface area contributed by atoms with Gasteiger partial charge in [0.1, 0.15) is 0 Å². The maximum absolute atomic E-state index is 11.8. The predicted octanol–water partition coefficient (Wildman–Crippen LogP) is 3.08. The van der Waals surface area contributed by atoms with Gasteiger partial charge < -0.3 is 9.84 Å². The Morgan fingerprint density at radius 3 is 2.68 bits per heavy atom. The number of amides is 1. The molecular formula is C14H11Br2N3O3. The van der Waals surface area contributed by atoms with E-state index < -0.39 is 0 Å². The number of aromatic nitrogens is 1. The van der Waals surface area contributed by atoms with Crippen LogP contribution in [0.1, 0.15) is 15.9 Å². The molecule has 22 heavy (non-hydrogen) atoms. The van der Waals surface area contributed by atoms with E-state index in [0.717, 1.165) is 0 Å². The van der Waals surface area contributed by atoms with Gasteiger partial charge in [0.05, 0.1) is 17.8 Å². The lowest BCUT2D eigenvalue weighted by molar-refractivity contribution is 0.0955. The first-order valence-corrected chi connectivity index (χ1v) is 7.61. The Morgan fingerprint density at radius 2 is 2.05 bits per heavy atom. The summed E-state index contributed by atoms with van der Waals surface area (Å²) in [5.41, 5.74) is 3.49. The van der Waals surface area contributed by atoms with Gasteiger partial charge in [-0.25, -0.2) is 5.43 Å². The number of nitrogens with one attached hydrogen (secondary N) is 1. The molecule has 1 heterocycles. The highest BCUT2D eigenvalue weighted by Crippen LogP contribution is 2.41. The Hall–Kier alpha value is -1.93. The van der Waals surface area contributed by atoms with Crippen LogP contribution in [0.5, 0.6) is 11.5 Å². The average molecular weight is 429 g/mol. The molecule has 0 fully saturated rings. The predicted molar refractivity (Wildman–Crippen MR) is 89.4 cm³/mol. The molecule has 0 radical (unpaired) electrons. The maximum atomic E-state index is 11.8. The fourth-order valence-electron chi connectivity index (χ4n) is 1.59. The third-order valence-electron chi connectivity index (χ3n) is 2.71. The molecule has 114 valence electrons. The minimum Gasteiger partial charge on any atom is -0.503 e. The van der Waals surface area contributed by atoms with Crippen molar-refractivity contribution in [2.45, 2.75) is 0 Å². The summed E-state index contributed by atoms with van der Waals surface area (Å²) in [7, 11) is 1.45. The second kappa shape index (κ2) is 7.37. The number of ether oxygens (including phenoxy) is 1. The van der Waals surface area contributed by atoms with E-state index in [9.17, 15) is 9.90 Å². The van der Waals surface area contributed by atoms with Crippen molar-refractivity contribution >= 4 is 44.0 Å². The Kier molecular flexibility index (Phi) is 5.51. The van der Waals surface area contributed by atoms with Gasteiger partial charge in [-0.3, -0.25) is 9.78 Å². The molecule has 0 spiro atoms. The van der Waals surface area contributed by atoms with Crippen LogP contribution in [-0.4, -0.2) is 29.3 Å². The van der Waals surface area contributed by atoms with E-state index in [2.05, 4.69) is 47.4 Å². The first-order valence-electron chi connectivity index (χ1n) is 6.03. The van der Waals surface area contributed by atoms with E-state index in [1.807, 2.05) is 0 Å². The summed E-state index contributed by atoms with van der Waals surface area (Å²) in [5, 5.41) is 13.7. The van der Waals surface area contributed by atoms with Gasteiger partial charge in [-0.1, -0.05) is 0 Å². The number of methoxy groups -OCH3 is 1. The van der Waals surface area contributed by atoms with Gasteiger partial charge in [-0.15, -0.1) is 0 Å². The molecule has 1 amide bonds. The van der Waals surface area contributed by atoms with Crippen LogP contribution < -0.4 is 10.2 Å². The van der Waals surface area contributed by atoms with Crippen LogP contribution in [0.2, 0.25) is 0 Å². The highest BCUT2D eigenvalue weighted by atomic mass is 79.9. The third-order valence-corrected chi connectivity index (χ3v) is 4.86. The molecule has 0 unspecified atom stereocenters. The van der Waals surface area contributed by atoms with Gasteiger partial charge in [0.25, 0.3) is 5.91 Å². The van der Waals surface area contributed by atoms with Crippen LogP contribution in [0.3, 0.4) is 0 Å². The molecule has 1 aromatic heterocycles. The van der Waals surface area contributed by atoms with Crippen molar-refractivity contribution in [1.82, 2.24) is 10.4 Å². The van der Waals surface area contributed by atoms with Crippen LogP contribution in [-0.2, 0) is 0 Å². The van der Waals surface area contributed by atoms with Crippen molar-refractivity contribution in [2.75, 3.05) is 7.11 Å². The van der Waals surface area contributed by atoms with E-state index in [4.69, 9.17) is 4.74 Å². The molecule has 0 aliphatic carbocycles. The zero-order valence-electron chi connectivity index (χ0n) is 11.4. The molecule has 2 aromatic rings. The van der Waals surface area contributed by atoms with Gasteiger partial charge >= 0.3 is 0 Å².